The Balaban J connectivity index is 0.000000303. The second-order valence-electron chi connectivity index (χ2n) is 21.7. The molecule has 2 atom stereocenters. The van der Waals surface area contributed by atoms with Gasteiger partial charge in [-0.2, -0.15) is 0 Å². The number of aromatic nitrogens is 4. The maximum atomic E-state index is 15.2. The van der Waals surface area contributed by atoms with Gasteiger partial charge in [-0.05, 0) is 74.1 Å². The van der Waals surface area contributed by atoms with E-state index in [2.05, 4.69) is 79.0 Å². The third kappa shape index (κ3) is 18.5. The van der Waals surface area contributed by atoms with Crippen molar-refractivity contribution in [3.8, 4) is 11.4 Å². The Labute approximate surface area is 584 Å². The van der Waals surface area contributed by atoms with Gasteiger partial charge in [-0.3, -0.25) is 43.2 Å². The van der Waals surface area contributed by atoms with Crippen LogP contribution in [0.25, 0.3) is 33.3 Å². The summed E-state index contributed by atoms with van der Waals surface area (Å²) in [5.74, 6) is -4.32. The topological polar surface area (TPSA) is 368 Å². The zero-order valence-electron chi connectivity index (χ0n) is 51.8. The fourth-order valence-corrected chi connectivity index (χ4v) is 11.7. The van der Waals surface area contributed by atoms with Crippen LogP contribution < -0.4 is 42.8 Å². The molecule has 2 unspecified atom stereocenters. The summed E-state index contributed by atoms with van der Waals surface area (Å²) in [5.41, 5.74) is 5.28. The van der Waals surface area contributed by atoms with Gasteiger partial charge in [0.05, 0.1) is 142 Å². The van der Waals surface area contributed by atoms with Crippen LogP contribution in [0, 0.1) is 60.4 Å². The fourth-order valence-electron chi connectivity index (χ4n) is 10.8. The number of cyclic esters (lactones) is 1. The quantitative estimate of drug-likeness (QED) is 0.0130. The molecule has 1 fully saturated rings. The summed E-state index contributed by atoms with van der Waals surface area (Å²) in [4.78, 5) is 137. The van der Waals surface area contributed by atoms with E-state index in [0.717, 1.165) is 28.0 Å². The Bertz CT molecular complexity index is 3700. The molecule has 0 bridgehead atoms. The summed E-state index contributed by atoms with van der Waals surface area (Å²) >= 11 is 6.85. The molecule has 28 nitrogen and oxygen atoms in total. The first-order valence-electron chi connectivity index (χ1n) is 30.0. The summed E-state index contributed by atoms with van der Waals surface area (Å²) in [7, 11) is 0. The van der Waals surface area contributed by atoms with Gasteiger partial charge >= 0.3 is 5.97 Å². The van der Waals surface area contributed by atoms with Gasteiger partial charge in [-0.15, -0.1) is 0 Å². The van der Waals surface area contributed by atoms with Gasteiger partial charge < -0.3 is 75.5 Å². The van der Waals surface area contributed by atoms with Gasteiger partial charge in [0.15, 0.2) is 5.60 Å². The molecule has 5 aromatic rings. The zero-order valence-corrected chi connectivity index (χ0v) is 60.7. The summed E-state index contributed by atoms with van der Waals surface area (Å²) in [6.07, 6.45) is 1.42. The van der Waals surface area contributed by atoms with Crippen molar-refractivity contribution in [1.29, 1.82) is 0 Å². The van der Waals surface area contributed by atoms with Gasteiger partial charge in [0, 0.05) is 113 Å². The first-order valence-corrected chi connectivity index (χ1v) is 32.2. The molecule has 4 aliphatic rings. The molecule has 8 amide bonds. The van der Waals surface area contributed by atoms with Crippen molar-refractivity contribution in [3.05, 3.63) is 96.8 Å². The van der Waals surface area contributed by atoms with E-state index >= 15 is 4.39 Å². The Morgan fingerprint density at radius 2 is 1.37 bits per heavy atom. The molecule has 509 valence electrons. The molecule has 33 heteroatoms. The van der Waals surface area contributed by atoms with Crippen LogP contribution in [0.15, 0.2) is 35.1 Å². The van der Waals surface area contributed by atoms with Crippen LogP contribution in [-0.2, 0) is 97.9 Å². The Kier molecular flexibility index (Phi) is 28.7. The summed E-state index contributed by atoms with van der Waals surface area (Å²) in [6.45, 7) is 8.09. The molecule has 3 aliphatic heterocycles. The molecular formula is C61H73Br2CeEsFN12O16. The number of fused-ring (bicyclic) bond motifs is 6. The van der Waals surface area contributed by atoms with Crippen molar-refractivity contribution in [2.24, 2.45) is 5.92 Å². The number of carbonyl (C=O) groups is 9. The van der Waals surface area contributed by atoms with Crippen molar-refractivity contribution in [2.45, 2.75) is 81.9 Å². The Hall–Kier alpha value is -7.56. The van der Waals surface area contributed by atoms with E-state index in [4.69, 9.17) is 28.7 Å². The number of pyridine rings is 2. The van der Waals surface area contributed by atoms with Crippen LogP contribution in [0.4, 0.5) is 4.39 Å². The minimum Gasteiger partial charge on any atom is -0.458 e. The maximum absolute atomic E-state index is 15.2. The van der Waals surface area contributed by atoms with E-state index in [1.807, 2.05) is 6.92 Å². The molecule has 8 N–H and O–H groups in total. The first-order chi connectivity index (χ1) is 44.3. The molecule has 6 heterocycles. The Morgan fingerprint density at radius 1 is 0.755 bits per heavy atom. The second kappa shape index (κ2) is 35.8. The van der Waals surface area contributed by atoms with Crippen LogP contribution in [0.2, 0.25) is 0 Å². The number of benzene rings is 2. The average Bonchev–Trinajstić information content (AvgIpc) is 1.49. The van der Waals surface area contributed by atoms with Crippen LogP contribution in [0.1, 0.15) is 94.3 Å². The molecule has 1 aliphatic carbocycles. The SMILES string of the molecule is CCC1(O)C(=O)OCc2c1cc1n(c2=O)Cc2c-1nc1cc(F)c(C)c3c1c2C(NC(=O)C1CN(C(=O)CNC(=O)CNC(=O)CNC=O)C1)CC3.CCNC(=O)CNC(=O)CCOCCOCCOCCOCCNC(=O)c1ccc2nc(CBr)c(CBr)nc2c1.[Ce].[Es]. The number of hydrogen-bond acceptors (Lipinski definition) is 19. The number of halogens is 3. The predicted octanol–water partition coefficient (Wildman–Crippen LogP) is 0.926. The smallest absolute Gasteiger partial charge is 0.343 e. The molecule has 2 aromatic carbocycles. The number of alkyl halides is 2. The molecule has 0 saturated carbocycles. The third-order valence-corrected chi connectivity index (χ3v) is 16.9. The van der Waals surface area contributed by atoms with Crippen molar-refractivity contribution >= 4 is 108 Å². The van der Waals surface area contributed by atoms with Gasteiger partial charge in [0.25, 0.3) is 11.5 Å². The summed E-state index contributed by atoms with van der Waals surface area (Å²) in [6, 6.07) is 7.68. The van der Waals surface area contributed by atoms with Crippen LogP contribution in [-0.4, -0.2) is 188 Å². The van der Waals surface area contributed by atoms with Gasteiger partial charge in [-0.25, -0.2) is 24.1 Å². The van der Waals surface area contributed by atoms with E-state index in [9.17, 15) is 53.1 Å². The number of aliphatic hydroxyl groups is 1. The number of ether oxygens (including phenoxy) is 5. The van der Waals surface area contributed by atoms with Crippen molar-refractivity contribution in [1.82, 2.24) is 61.6 Å². The maximum Gasteiger partial charge on any atom is 0.343 e. The third-order valence-electron chi connectivity index (χ3n) is 15.8. The van der Waals surface area contributed by atoms with Gasteiger partial charge in [-0.1, -0.05) is 38.8 Å². The van der Waals surface area contributed by atoms with Crippen molar-refractivity contribution in [2.75, 3.05) is 105 Å². The van der Waals surface area contributed by atoms with Gasteiger partial charge in [0.2, 0.25) is 41.9 Å². The number of nitrogens with zero attached hydrogens (tertiary/aromatic N) is 5. The van der Waals surface area contributed by atoms with E-state index in [-0.39, 0.29) is 148 Å². The molecule has 1 saturated heterocycles. The summed E-state index contributed by atoms with van der Waals surface area (Å²) in [5, 5.41) is 31.2. The minimum atomic E-state index is -2.01. The fraction of sp³-hybridized carbons (Fsp3) is 0.492. The largest absolute Gasteiger partial charge is 0.458 e. The van der Waals surface area contributed by atoms with E-state index < -0.39 is 52.6 Å². The number of hydrogen-bond donors (Lipinski definition) is 8. The van der Waals surface area contributed by atoms with E-state index in [0.29, 0.717) is 134 Å². The summed E-state index contributed by atoms with van der Waals surface area (Å²) < 4.78 is 43.6. The second-order valence-corrected chi connectivity index (χ2v) is 22.9. The number of rotatable bonds is 31. The van der Waals surface area contributed by atoms with Crippen LogP contribution in [0.5, 0.6) is 0 Å². The van der Waals surface area contributed by atoms with Crippen molar-refractivity contribution in [3.63, 3.8) is 0 Å². The van der Waals surface area contributed by atoms with Gasteiger partial charge in [0.1, 0.15) is 12.4 Å². The molecule has 0 spiro atoms. The number of likely N-dealkylation sites (N-methyl/N-ethyl adjacent to an activating group) is 1. The average molecular weight is 1800 g/mol. The monoisotopic (exact) mass is 1800 g/mol. The normalized spacial score (nSPS) is 15.6. The molecular weight excluding hydrogens is 1730 g/mol. The number of nitrogens with one attached hydrogen (secondary N) is 7. The molecule has 9 rings (SSSR count). The number of amides is 8. The molecule has 3 aromatic heterocycles. The zero-order chi connectivity index (χ0) is 66.1. The minimum absolute atomic E-state index is 0. The van der Waals surface area contributed by atoms with E-state index in [1.54, 1.807) is 38.1 Å². The van der Waals surface area contributed by atoms with Crippen LogP contribution in [0.3, 0.4) is 0 Å². The number of likely N-dealkylation sites (tertiary alicyclic amines) is 1. The first kappa shape index (κ1) is 75.5. The molecule has 1 radical (unpaired) electrons. The number of esters is 1. The number of carbonyl (C=O) groups excluding carboxylic acids is 9. The number of aryl methyl sites for hydroxylation is 1. The Morgan fingerprint density at radius 3 is 2.02 bits per heavy atom. The predicted molar refractivity (Wildman–Crippen MR) is 335 cm³/mol. The van der Waals surface area contributed by atoms with Crippen molar-refractivity contribution < 1.29 is 118 Å². The van der Waals surface area contributed by atoms with Crippen LogP contribution >= 0.6 is 31.9 Å². The molecule has 94 heavy (non-hydrogen) atoms. The van der Waals surface area contributed by atoms with E-state index in [1.165, 1.54) is 15.5 Å². The standard InChI is InChI=1S/C35H36FN7O9.C26H37Br2N5O7.Ce.Es/c1-3-35(51)21-6-25-31-19(13-43(25)33(49)20(21)14-52-34(35)50)30-23(5-4-18-16(2)22(36)7-24(40-31)29(18)30)41-32(48)17-11-42(12-17)28(47)10-39-27(46)9-38-26(45)8-37-15-44;1-2-29-25(35)18-31-24(34)5-7-37-9-11-39-13-14-40-12-10-38-8-6-30-26(36)19-3-4-20-21(15-19)33-23(17-28)22(16-27)32-20;;/h6-7,15,17,23,51H,3-5,8-14H2,1-2H3,(H,37,44)(H,38,45)(H,39,46)(H,41,48);3-4,15H,2,5-14,16-18H2,1H3,(H,29,35)(H,30,36)(H,31,34);;.